The number of halogens is 1. The van der Waals surface area contributed by atoms with Gasteiger partial charge in [0.2, 0.25) is 5.88 Å². The van der Waals surface area contributed by atoms with E-state index in [2.05, 4.69) is 19.6 Å². The molecular formula is C21H21ClN4O4S. The largest absolute Gasteiger partial charge is 0.490 e. The summed E-state index contributed by atoms with van der Waals surface area (Å²) in [5, 5.41) is 0.366. The number of benzene rings is 2. The van der Waals surface area contributed by atoms with Gasteiger partial charge in [0.15, 0.2) is 0 Å². The van der Waals surface area contributed by atoms with Crippen molar-refractivity contribution in [1.82, 2.24) is 9.97 Å². The van der Waals surface area contributed by atoms with Gasteiger partial charge in [-0.2, -0.15) is 4.98 Å². The molecule has 0 bridgehead atoms. The van der Waals surface area contributed by atoms with Crippen LogP contribution in [0.4, 0.5) is 11.4 Å². The zero-order valence-electron chi connectivity index (χ0n) is 17.0. The lowest BCUT2D eigenvalue weighted by molar-refractivity contribution is 0.293. The molecule has 3 aromatic rings. The van der Waals surface area contributed by atoms with Gasteiger partial charge in [0, 0.05) is 12.1 Å². The minimum atomic E-state index is -3.91. The molecule has 0 spiro atoms. The van der Waals surface area contributed by atoms with E-state index in [-0.39, 0.29) is 23.1 Å². The third-order valence-corrected chi connectivity index (χ3v) is 6.84. The maximum absolute atomic E-state index is 12.9. The Kier molecular flexibility index (Phi) is 5.88. The first-order chi connectivity index (χ1) is 14.8. The van der Waals surface area contributed by atoms with Crippen LogP contribution >= 0.6 is 11.6 Å². The lowest BCUT2D eigenvalue weighted by atomic mass is 10.1. The fourth-order valence-corrected chi connectivity index (χ4v) is 4.76. The third-order valence-electron chi connectivity index (χ3n) is 4.92. The standard InChI is InChI=1S/C21H21ClN4O4S/c1-14-16(22)4-3-5-20(14)31(27,28)25-17-11-23-13-24-21(17)30-12-15-6-7-19-18(10-15)26(2)8-9-29-19/h3-7,10-11,13,25H,8-9,12H2,1-2H3. The molecule has 0 fully saturated rings. The van der Waals surface area contributed by atoms with Gasteiger partial charge in [-0.25, -0.2) is 13.4 Å². The molecule has 1 N–H and O–H groups in total. The van der Waals surface area contributed by atoms with Crippen molar-refractivity contribution >= 4 is 33.0 Å². The number of ether oxygens (including phenoxy) is 2. The number of sulfonamides is 1. The molecule has 0 aliphatic carbocycles. The van der Waals surface area contributed by atoms with Crippen LogP contribution in [-0.2, 0) is 16.6 Å². The Bertz CT molecular complexity index is 1220. The number of anilines is 2. The van der Waals surface area contributed by atoms with Gasteiger partial charge in [0.25, 0.3) is 10.0 Å². The molecule has 1 aromatic heterocycles. The Morgan fingerprint density at radius 2 is 2.13 bits per heavy atom. The number of hydrogen-bond acceptors (Lipinski definition) is 7. The summed E-state index contributed by atoms with van der Waals surface area (Å²) in [5.74, 6) is 0.949. The molecule has 0 saturated carbocycles. The van der Waals surface area contributed by atoms with E-state index >= 15 is 0 Å². The zero-order valence-corrected chi connectivity index (χ0v) is 18.6. The fourth-order valence-electron chi connectivity index (χ4n) is 3.22. The second-order valence-corrected chi connectivity index (χ2v) is 9.13. The Hall–Kier alpha value is -3.04. The van der Waals surface area contributed by atoms with Crippen LogP contribution in [0.5, 0.6) is 11.6 Å². The van der Waals surface area contributed by atoms with Crippen LogP contribution in [0, 0.1) is 6.92 Å². The van der Waals surface area contributed by atoms with Crippen molar-refractivity contribution in [2.24, 2.45) is 0 Å². The van der Waals surface area contributed by atoms with Crippen LogP contribution in [0.25, 0.3) is 0 Å². The minimum absolute atomic E-state index is 0.0764. The summed E-state index contributed by atoms with van der Waals surface area (Å²) < 4.78 is 39.8. The van der Waals surface area contributed by atoms with E-state index in [4.69, 9.17) is 21.1 Å². The van der Waals surface area contributed by atoms with Crippen LogP contribution in [0.15, 0.2) is 53.8 Å². The second-order valence-electron chi connectivity index (χ2n) is 7.07. The molecule has 10 heteroatoms. The normalized spacial score (nSPS) is 13.3. The summed E-state index contributed by atoms with van der Waals surface area (Å²) in [6.07, 6.45) is 2.65. The van der Waals surface area contributed by atoms with Crippen LogP contribution in [-0.4, -0.2) is 38.6 Å². The minimum Gasteiger partial charge on any atom is -0.490 e. The molecule has 2 aromatic carbocycles. The van der Waals surface area contributed by atoms with E-state index in [1.807, 2.05) is 25.2 Å². The number of likely N-dealkylation sites (N-methyl/N-ethyl adjacent to an activating group) is 1. The summed E-state index contributed by atoms with van der Waals surface area (Å²) in [7, 11) is -1.91. The molecule has 0 atom stereocenters. The molecule has 0 saturated heterocycles. The maximum Gasteiger partial charge on any atom is 0.262 e. The molecule has 1 aliphatic heterocycles. The fraction of sp³-hybridized carbons (Fsp3) is 0.238. The van der Waals surface area contributed by atoms with Crippen LogP contribution in [0.3, 0.4) is 0 Å². The first-order valence-corrected chi connectivity index (χ1v) is 11.4. The molecule has 31 heavy (non-hydrogen) atoms. The van der Waals surface area contributed by atoms with Crippen molar-refractivity contribution in [2.45, 2.75) is 18.4 Å². The van der Waals surface area contributed by atoms with Crippen LogP contribution < -0.4 is 19.1 Å². The topological polar surface area (TPSA) is 93.7 Å². The Morgan fingerprint density at radius 3 is 2.97 bits per heavy atom. The Balaban J connectivity index is 1.54. The van der Waals surface area contributed by atoms with E-state index in [0.717, 1.165) is 23.5 Å². The summed E-state index contributed by atoms with van der Waals surface area (Å²) in [5.41, 5.74) is 2.47. The highest BCUT2D eigenvalue weighted by atomic mass is 35.5. The molecule has 0 amide bonds. The summed E-state index contributed by atoms with van der Waals surface area (Å²) in [6.45, 7) is 3.30. The number of hydrogen-bond donors (Lipinski definition) is 1. The average Bonchev–Trinajstić information content (AvgIpc) is 2.75. The number of nitrogens with one attached hydrogen (secondary N) is 1. The van der Waals surface area contributed by atoms with Gasteiger partial charge in [-0.05, 0) is 42.3 Å². The molecule has 162 valence electrons. The molecule has 0 unspecified atom stereocenters. The van der Waals surface area contributed by atoms with Crippen molar-refractivity contribution in [3.05, 3.63) is 65.1 Å². The lowest BCUT2D eigenvalue weighted by Gasteiger charge is -2.28. The molecule has 2 heterocycles. The smallest absolute Gasteiger partial charge is 0.262 e. The summed E-state index contributed by atoms with van der Waals surface area (Å²) >= 11 is 6.08. The predicted octanol–water partition coefficient (Wildman–Crippen LogP) is 3.65. The quantitative estimate of drug-likeness (QED) is 0.600. The van der Waals surface area contributed by atoms with Crippen LogP contribution in [0.2, 0.25) is 5.02 Å². The van der Waals surface area contributed by atoms with Crippen molar-refractivity contribution in [3.8, 4) is 11.6 Å². The Labute approximate surface area is 185 Å². The van der Waals surface area contributed by atoms with Crippen molar-refractivity contribution in [1.29, 1.82) is 0 Å². The van der Waals surface area contributed by atoms with E-state index < -0.39 is 10.0 Å². The number of fused-ring (bicyclic) bond motifs is 1. The molecule has 0 radical (unpaired) electrons. The molecule has 8 nitrogen and oxygen atoms in total. The first kappa shape index (κ1) is 21.2. The summed E-state index contributed by atoms with van der Waals surface area (Å²) in [6, 6.07) is 10.5. The number of nitrogens with zero attached hydrogens (tertiary/aromatic N) is 3. The zero-order chi connectivity index (χ0) is 22.0. The van der Waals surface area contributed by atoms with E-state index in [9.17, 15) is 8.42 Å². The van der Waals surface area contributed by atoms with E-state index in [0.29, 0.717) is 17.2 Å². The van der Waals surface area contributed by atoms with Gasteiger partial charge < -0.3 is 14.4 Å². The highest BCUT2D eigenvalue weighted by molar-refractivity contribution is 7.92. The monoisotopic (exact) mass is 460 g/mol. The predicted molar refractivity (Wildman–Crippen MR) is 119 cm³/mol. The number of aromatic nitrogens is 2. The molecule has 1 aliphatic rings. The van der Waals surface area contributed by atoms with Gasteiger partial charge in [0.1, 0.15) is 31.0 Å². The van der Waals surface area contributed by atoms with Gasteiger partial charge in [0.05, 0.1) is 23.3 Å². The maximum atomic E-state index is 12.9. The van der Waals surface area contributed by atoms with Crippen molar-refractivity contribution < 1.29 is 17.9 Å². The van der Waals surface area contributed by atoms with Gasteiger partial charge in [-0.15, -0.1) is 0 Å². The second kappa shape index (κ2) is 8.60. The number of rotatable bonds is 6. The van der Waals surface area contributed by atoms with Crippen molar-refractivity contribution in [3.63, 3.8) is 0 Å². The Morgan fingerprint density at radius 1 is 1.29 bits per heavy atom. The molecule has 4 rings (SSSR count). The lowest BCUT2D eigenvalue weighted by Crippen LogP contribution is -2.28. The highest BCUT2D eigenvalue weighted by Gasteiger charge is 2.21. The van der Waals surface area contributed by atoms with Crippen molar-refractivity contribution in [2.75, 3.05) is 29.8 Å². The van der Waals surface area contributed by atoms with Gasteiger partial charge in [-0.1, -0.05) is 23.7 Å². The summed E-state index contributed by atoms with van der Waals surface area (Å²) in [4.78, 5) is 10.2. The highest BCUT2D eigenvalue weighted by Crippen LogP contribution is 2.32. The van der Waals surface area contributed by atoms with Gasteiger partial charge in [-0.3, -0.25) is 4.72 Å². The SMILES string of the molecule is Cc1c(Cl)cccc1S(=O)(=O)Nc1cncnc1OCc1ccc2c(c1)N(C)CCO2. The first-order valence-electron chi connectivity index (χ1n) is 9.53. The van der Waals surface area contributed by atoms with E-state index in [1.54, 1.807) is 19.1 Å². The van der Waals surface area contributed by atoms with E-state index in [1.165, 1.54) is 18.6 Å². The van der Waals surface area contributed by atoms with Crippen LogP contribution in [0.1, 0.15) is 11.1 Å². The average molecular weight is 461 g/mol. The third kappa shape index (κ3) is 4.52. The van der Waals surface area contributed by atoms with Gasteiger partial charge >= 0.3 is 0 Å². The molecular weight excluding hydrogens is 440 g/mol.